The number of carbonyl (C=O) groups excluding carboxylic acids is 2. The third-order valence-corrected chi connectivity index (χ3v) is 8.16. The number of rotatable bonds is 7. The van der Waals surface area contributed by atoms with E-state index in [1.807, 2.05) is 23.6 Å². The second kappa shape index (κ2) is 9.87. The SMILES string of the molecule is O=C(NC1C[N+]2(CC(=O)c3cccs3)CCC1CC2)OC(c1ccccc1)c1ccc(F)c(F)c1. The summed E-state index contributed by atoms with van der Waals surface area (Å²) in [5, 5.41) is 4.93. The number of ketones is 1. The molecule has 1 N–H and O–H groups in total. The summed E-state index contributed by atoms with van der Waals surface area (Å²) >= 11 is 1.46. The third-order valence-electron chi connectivity index (χ3n) is 7.25. The van der Waals surface area contributed by atoms with Gasteiger partial charge in [-0.2, -0.15) is 0 Å². The third kappa shape index (κ3) is 5.13. The minimum Gasteiger partial charge on any atom is -0.436 e. The summed E-state index contributed by atoms with van der Waals surface area (Å²) in [5.74, 6) is -1.47. The second-order valence-corrected chi connectivity index (χ2v) is 10.4. The Kier molecular flexibility index (Phi) is 6.67. The van der Waals surface area contributed by atoms with E-state index in [9.17, 15) is 18.4 Å². The van der Waals surface area contributed by atoms with E-state index >= 15 is 0 Å². The van der Waals surface area contributed by atoms with Gasteiger partial charge in [-0.1, -0.05) is 42.5 Å². The number of halogens is 2. The van der Waals surface area contributed by atoms with Gasteiger partial charge in [0.05, 0.1) is 30.6 Å². The van der Waals surface area contributed by atoms with Gasteiger partial charge in [0.15, 0.2) is 17.7 Å². The van der Waals surface area contributed by atoms with Gasteiger partial charge < -0.3 is 14.5 Å². The number of benzene rings is 2. The van der Waals surface area contributed by atoms with Crippen molar-refractivity contribution in [2.45, 2.75) is 25.0 Å². The van der Waals surface area contributed by atoms with Crippen molar-refractivity contribution in [1.82, 2.24) is 5.32 Å². The maximum atomic E-state index is 14.0. The van der Waals surface area contributed by atoms with Crippen molar-refractivity contribution in [3.8, 4) is 0 Å². The van der Waals surface area contributed by atoms with E-state index < -0.39 is 23.8 Å². The number of carbonyl (C=O) groups is 2. The molecule has 182 valence electrons. The molecule has 4 heterocycles. The number of alkyl carbamates (subject to hydrolysis) is 1. The first kappa shape index (κ1) is 23.6. The van der Waals surface area contributed by atoms with Crippen LogP contribution in [0.15, 0.2) is 66.0 Å². The fraction of sp³-hybridized carbons (Fsp3) is 0.333. The first-order chi connectivity index (χ1) is 16.9. The predicted octanol–water partition coefficient (Wildman–Crippen LogP) is 5.33. The van der Waals surface area contributed by atoms with Crippen molar-refractivity contribution in [2.24, 2.45) is 5.92 Å². The molecule has 35 heavy (non-hydrogen) atoms. The van der Waals surface area contributed by atoms with Gasteiger partial charge in [0.2, 0.25) is 5.78 Å². The van der Waals surface area contributed by atoms with Crippen LogP contribution in [0, 0.1) is 17.6 Å². The zero-order chi connectivity index (χ0) is 24.4. The lowest BCUT2D eigenvalue weighted by Gasteiger charge is -2.52. The number of quaternary nitrogens is 1. The maximum Gasteiger partial charge on any atom is 0.408 e. The molecular formula is C27H27F2N2O3S+. The normalized spacial score (nSPS) is 24.1. The van der Waals surface area contributed by atoms with Crippen LogP contribution >= 0.6 is 11.3 Å². The van der Waals surface area contributed by atoms with Gasteiger partial charge in [-0.15, -0.1) is 11.3 Å². The van der Waals surface area contributed by atoms with Gasteiger partial charge in [0.1, 0.15) is 6.54 Å². The summed E-state index contributed by atoms with van der Waals surface area (Å²) in [6.45, 7) is 2.97. The molecule has 5 nitrogen and oxygen atoms in total. The van der Waals surface area contributed by atoms with Crippen molar-refractivity contribution in [2.75, 3.05) is 26.2 Å². The summed E-state index contributed by atoms with van der Waals surface area (Å²) in [5.41, 5.74) is 1.01. The highest BCUT2D eigenvalue weighted by atomic mass is 32.1. The Morgan fingerprint density at radius 1 is 1.00 bits per heavy atom. The smallest absolute Gasteiger partial charge is 0.408 e. The fourth-order valence-electron chi connectivity index (χ4n) is 5.42. The Bertz CT molecular complexity index is 1190. The predicted molar refractivity (Wildman–Crippen MR) is 129 cm³/mol. The molecule has 1 aromatic heterocycles. The quantitative estimate of drug-likeness (QED) is 0.355. The molecule has 3 aromatic rings. The molecule has 3 aliphatic heterocycles. The molecule has 2 atom stereocenters. The van der Waals surface area contributed by atoms with Crippen LogP contribution in [0.2, 0.25) is 0 Å². The summed E-state index contributed by atoms with van der Waals surface area (Å²) in [6.07, 6.45) is 0.392. The molecule has 8 heteroatoms. The highest BCUT2D eigenvalue weighted by Crippen LogP contribution is 2.35. The van der Waals surface area contributed by atoms with Crippen LogP contribution in [0.1, 0.15) is 39.7 Å². The summed E-state index contributed by atoms with van der Waals surface area (Å²) in [7, 11) is 0. The molecule has 0 saturated carbocycles. The van der Waals surface area contributed by atoms with E-state index in [4.69, 9.17) is 4.74 Å². The first-order valence-electron chi connectivity index (χ1n) is 11.8. The molecule has 3 aliphatic rings. The zero-order valence-electron chi connectivity index (χ0n) is 19.2. The highest BCUT2D eigenvalue weighted by Gasteiger charge is 2.47. The van der Waals surface area contributed by atoms with Crippen LogP contribution in [0.4, 0.5) is 13.6 Å². The van der Waals surface area contributed by atoms with Crippen molar-refractivity contribution < 1.29 is 27.6 Å². The van der Waals surface area contributed by atoms with Crippen molar-refractivity contribution >= 4 is 23.2 Å². The van der Waals surface area contributed by atoms with Crippen molar-refractivity contribution in [3.05, 3.63) is 93.7 Å². The monoisotopic (exact) mass is 497 g/mol. The second-order valence-electron chi connectivity index (χ2n) is 9.49. The Hall–Kier alpha value is -3.10. The van der Waals surface area contributed by atoms with Gasteiger partial charge in [-0.05, 0) is 35.1 Å². The van der Waals surface area contributed by atoms with Gasteiger partial charge in [-0.25, -0.2) is 13.6 Å². The number of fused-ring (bicyclic) bond motifs is 3. The molecule has 2 unspecified atom stereocenters. The zero-order valence-corrected chi connectivity index (χ0v) is 20.0. The van der Waals surface area contributed by atoms with Crippen LogP contribution in [-0.4, -0.2) is 48.6 Å². The van der Waals surface area contributed by atoms with Crippen LogP contribution in [0.3, 0.4) is 0 Å². The number of ether oxygens (including phenoxy) is 1. The molecule has 0 spiro atoms. The number of thiophene rings is 1. The molecule has 1 amide bonds. The van der Waals surface area contributed by atoms with Crippen LogP contribution in [0.25, 0.3) is 0 Å². The Morgan fingerprint density at radius 2 is 1.77 bits per heavy atom. The number of hydrogen-bond donors (Lipinski definition) is 1. The first-order valence-corrected chi connectivity index (χ1v) is 12.7. The van der Waals surface area contributed by atoms with Crippen molar-refractivity contribution in [3.63, 3.8) is 0 Å². The molecular weight excluding hydrogens is 470 g/mol. The number of piperidine rings is 3. The fourth-order valence-corrected chi connectivity index (χ4v) is 6.07. The lowest BCUT2D eigenvalue weighted by molar-refractivity contribution is -0.936. The average Bonchev–Trinajstić information content (AvgIpc) is 3.41. The van der Waals surface area contributed by atoms with E-state index in [0.717, 1.165) is 42.9 Å². The average molecular weight is 498 g/mol. The summed E-state index contributed by atoms with van der Waals surface area (Å²) in [4.78, 5) is 26.6. The van der Waals surface area contributed by atoms with E-state index in [2.05, 4.69) is 5.32 Å². The molecule has 2 aromatic carbocycles. The largest absolute Gasteiger partial charge is 0.436 e. The van der Waals surface area contributed by atoms with E-state index in [0.29, 0.717) is 34.6 Å². The van der Waals surface area contributed by atoms with Crippen LogP contribution in [0.5, 0.6) is 0 Å². The summed E-state index contributed by atoms with van der Waals surface area (Å²) < 4.78 is 33.9. The lowest BCUT2D eigenvalue weighted by atomic mass is 9.81. The minimum atomic E-state index is -0.994. The van der Waals surface area contributed by atoms with Crippen molar-refractivity contribution in [1.29, 1.82) is 0 Å². The molecule has 6 rings (SSSR count). The molecule has 0 radical (unpaired) electrons. The topological polar surface area (TPSA) is 55.4 Å². The van der Waals surface area contributed by atoms with Crippen LogP contribution in [-0.2, 0) is 4.74 Å². The van der Waals surface area contributed by atoms with Crippen LogP contribution < -0.4 is 5.32 Å². The Labute approximate surface area is 206 Å². The standard InChI is InChI=1S/C27H26F2N2O3S/c28-21-9-8-20(15-22(21)29)26(19-5-2-1-3-6-19)34-27(33)30-23-16-31(12-10-18(23)11-13-31)17-24(32)25-7-4-14-35-25/h1-9,14-15,18,23,26H,10-13,16-17H2/p+1. The number of nitrogens with one attached hydrogen (secondary N) is 1. The van der Waals surface area contributed by atoms with Gasteiger partial charge >= 0.3 is 6.09 Å². The lowest BCUT2D eigenvalue weighted by Crippen LogP contribution is -2.68. The molecule has 0 aliphatic carbocycles. The van der Waals surface area contributed by atoms with E-state index in [1.165, 1.54) is 17.4 Å². The Morgan fingerprint density at radius 3 is 2.46 bits per heavy atom. The highest BCUT2D eigenvalue weighted by molar-refractivity contribution is 7.12. The minimum absolute atomic E-state index is 0.109. The van der Waals surface area contributed by atoms with Gasteiger partial charge in [0.25, 0.3) is 0 Å². The molecule has 3 fully saturated rings. The number of amides is 1. The Balaban J connectivity index is 1.30. The molecule has 3 saturated heterocycles. The number of hydrogen-bond acceptors (Lipinski definition) is 4. The number of nitrogens with zero attached hydrogens (tertiary/aromatic N) is 1. The summed E-state index contributed by atoms with van der Waals surface area (Å²) in [6, 6.07) is 16.2. The number of Topliss-reactive ketones (excluding diaryl/α,β-unsaturated/α-hetero) is 1. The van der Waals surface area contributed by atoms with Gasteiger partial charge in [-0.3, -0.25) is 4.79 Å². The van der Waals surface area contributed by atoms with E-state index in [-0.39, 0.29) is 11.8 Å². The maximum absolute atomic E-state index is 14.0. The van der Waals surface area contributed by atoms with Gasteiger partial charge in [0, 0.05) is 18.4 Å². The molecule has 2 bridgehead atoms. The van der Waals surface area contributed by atoms with E-state index in [1.54, 1.807) is 24.3 Å².